The van der Waals surface area contributed by atoms with Gasteiger partial charge in [0.05, 0.1) is 10.4 Å². The molecule has 0 radical (unpaired) electrons. The first kappa shape index (κ1) is 16.5. The third-order valence-electron chi connectivity index (χ3n) is 3.70. The van der Waals surface area contributed by atoms with Crippen LogP contribution < -0.4 is 11.3 Å². The van der Waals surface area contributed by atoms with Gasteiger partial charge in [0, 0.05) is 23.9 Å². The second-order valence-electron chi connectivity index (χ2n) is 5.42. The van der Waals surface area contributed by atoms with Crippen LogP contribution in [-0.4, -0.2) is 4.57 Å². The van der Waals surface area contributed by atoms with Crippen LogP contribution in [0.3, 0.4) is 0 Å². The monoisotopic (exact) mass is 352 g/mol. The van der Waals surface area contributed by atoms with Crippen LogP contribution in [0.4, 0.5) is 13.2 Å². The van der Waals surface area contributed by atoms with E-state index in [0.29, 0.717) is 17.5 Å². The fourth-order valence-electron chi connectivity index (χ4n) is 2.65. The molecule has 2 N–H and O–H groups in total. The van der Waals surface area contributed by atoms with Crippen LogP contribution in [0.5, 0.6) is 0 Å². The second-order valence-corrected chi connectivity index (χ2v) is 5.83. The number of fused-ring (bicyclic) bond motifs is 1. The molecule has 0 aliphatic heterocycles. The SMILES string of the molecule is C[C@H](N)c1cc2cccc(Cl)c2c(=O)n1-c1c(F)cc(F)cc1F. The van der Waals surface area contributed by atoms with Crippen molar-refractivity contribution in [3.05, 3.63) is 74.9 Å². The number of rotatable bonds is 2. The van der Waals surface area contributed by atoms with Crippen molar-refractivity contribution in [3.63, 3.8) is 0 Å². The van der Waals surface area contributed by atoms with E-state index in [9.17, 15) is 18.0 Å². The van der Waals surface area contributed by atoms with Gasteiger partial charge in [-0.15, -0.1) is 0 Å². The largest absolute Gasteiger partial charge is 0.323 e. The van der Waals surface area contributed by atoms with Gasteiger partial charge in [0.15, 0.2) is 11.6 Å². The maximum absolute atomic E-state index is 14.2. The van der Waals surface area contributed by atoms with Crippen molar-refractivity contribution in [3.8, 4) is 5.69 Å². The first-order valence-corrected chi connectivity index (χ1v) is 7.43. The summed E-state index contributed by atoms with van der Waals surface area (Å²) in [5.74, 6) is -3.49. The van der Waals surface area contributed by atoms with Crippen LogP contribution in [-0.2, 0) is 0 Å². The first-order chi connectivity index (χ1) is 11.3. The number of nitrogens with zero attached hydrogens (tertiary/aromatic N) is 1. The number of nitrogens with two attached hydrogens (primary N) is 1. The maximum atomic E-state index is 14.2. The molecule has 0 aliphatic rings. The molecule has 0 spiro atoms. The Kier molecular flexibility index (Phi) is 4.11. The molecule has 0 aliphatic carbocycles. The Morgan fingerprint density at radius 1 is 1.12 bits per heavy atom. The van der Waals surface area contributed by atoms with Crippen molar-refractivity contribution in [2.45, 2.75) is 13.0 Å². The van der Waals surface area contributed by atoms with Gasteiger partial charge in [0.1, 0.15) is 11.5 Å². The third kappa shape index (κ3) is 2.57. The van der Waals surface area contributed by atoms with Crippen molar-refractivity contribution < 1.29 is 13.2 Å². The Morgan fingerprint density at radius 3 is 2.33 bits per heavy atom. The van der Waals surface area contributed by atoms with Gasteiger partial charge in [-0.05, 0) is 24.4 Å². The normalized spacial score (nSPS) is 12.6. The van der Waals surface area contributed by atoms with Gasteiger partial charge in [0.2, 0.25) is 0 Å². The minimum atomic E-state index is -1.21. The van der Waals surface area contributed by atoms with E-state index in [1.54, 1.807) is 19.1 Å². The quantitative estimate of drug-likeness (QED) is 0.755. The summed E-state index contributed by atoms with van der Waals surface area (Å²) in [7, 11) is 0. The van der Waals surface area contributed by atoms with Crippen LogP contribution in [0, 0.1) is 17.5 Å². The summed E-state index contributed by atoms with van der Waals surface area (Å²) >= 11 is 6.07. The van der Waals surface area contributed by atoms with Gasteiger partial charge in [0.25, 0.3) is 5.56 Å². The minimum absolute atomic E-state index is 0.103. The molecule has 3 nitrogen and oxygen atoms in total. The lowest BCUT2D eigenvalue weighted by Crippen LogP contribution is -2.27. The summed E-state index contributed by atoms with van der Waals surface area (Å²) in [5.41, 5.74) is 4.64. The van der Waals surface area contributed by atoms with Crippen molar-refractivity contribution >= 4 is 22.4 Å². The van der Waals surface area contributed by atoms with Gasteiger partial charge < -0.3 is 5.73 Å². The number of aromatic nitrogens is 1. The number of hydrogen-bond acceptors (Lipinski definition) is 2. The molecule has 1 aromatic heterocycles. The van der Waals surface area contributed by atoms with E-state index in [1.165, 1.54) is 12.1 Å². The lowest BCUT2D eigenvalue weighted by atomic mass is 10.1. The standard InChI is InChI=1S/C17H12ClF3N2O/c1-8(22)14-5-9-3-2-4-11(18)15(9)17(24)23(14)16-12(20)6-10(19)7-13(16)21/h2-8H,22H2,1H3/t8-/m0/s1. The molecule has 0 saturated heterocycles. The predicted octanol–water partition coefficient (Wildman–Crippen LogP) is 4.08. The van der Waals surface area contributed by atoms with E-state index >= 15 is 0 Å². The summed E-state index contributed by atoms with van der Waals surface area (Å²) in [6, 6.07) is 6.65. The molecular formula is C17H12ClF3N2O. The third-order valence-corrected chi connectivity index (χ3v) is 4.01. The topological polar surface area (TPSA) is 48.0 Å². The van der Waals surface area contributed by atoms with E-state index in [-0.39, 0.29) is 16.1 Å². The van der Waals surface area contributed by atoms with Crippen LogP contribution in [0.1, 0.15) is 18.7 Å². The molecule has 124 valence electrons. The molecule has 0 saturated carbocycles. The summed E-state index contributed by atoms with van der Waals surface area (Å²) in [5, 5.41) is 0.746. The van der Waals surface area contributed by atoms with Crippen LogP contribution in [0.2, 0.25) is 5.02 Å². The lowest BCUT2D eigenvalue weighted by molar-refractivity contribution is 0.528. The highest BCUT2D eigenvalue weighted by atomic mass is 35.5. The molecule has 0 amide bonds. The van der Waals surface area contributed by atoms with Crippen LogP contribution in [0.25, 0.3) is 16.5 Å². The molecule has 3 aromatic rings. The van der Waals surface area contributed by atoms with Gasteiger partial charge in [-0.2, -0.15) is 0 Å². The highest BCUT2D eigenvalue weighted by molar-refractivity contribution is 6.35. The Labute approximate surface area is 140 Å². The summed E-state index contributed by atoms with van der Waals surface area (Å²) in [6.45, 7) is 1.57. The lowest BCUT2D eigenvalue weighted by Gasteiger charge is -2.18. The Hall–Kier alpha value is -2.31. The molecule has 0 fully saturated rings. The molecule has 0 unspecified atom stereocenters. The Morgan fingerprint density at radius 2 is 1.75 bits per heavy atom. The first-order valence-electron chi connectivity index (χ1n) is 7.06. The van der Waals surface area contributed by atoms with Gasteiger partial charge in [-0.25, -0.2) is 13.2 Å². The molecule has 7 heteroatoms. The zero-order valence-corrected chi connectivity index (χ0v) is 13.2. The van der Waals surface area contributed by atoms with E-state index < -0.39 is 34.7 Å². The van der Waals surface area contributed by atoms with Crippen molar-refractivity contribution in [1.29, 1.82) is 0 Å². The molecule has 3 rings (SSSR count). The van der Waals surface area contributed by atoms with Crippen LogP contribution >= 0.6 is 11.6 Å². The molecule has 2 aromatic carbocycles. The highest BCUT2D eigenvalue weighted by Crippen LogP contribution is 2.27. The fraction of sp³-hybridized carbons (Fsp3) is 0.118. The van der Waals surface area contributed by atoms with Gasteiger partial charge in [-0.3, -0.25) is 9.36 Å². The average Bonchev–Trinajstić information content (AvgIpc) is 2.47. The molecule has 0 bridgehead atoms. The molecule has 24 heavy (non-hydrogen) atoms. The van der Waals surface area contributed by atoms with Crippen molar-refractivity contribution in [1.82, 2.24) is 4.57 Å². The fourth-order valence-corrected chi connectivity index (χ4v) is 2.92. The number of benzene rings is 2. The summed E-state index contributed by atoms with van der Waals surface area (Å²) in [4.78, 5) is 12.9. The molecular weight excluding hydrogens is 341 g/mol. The van der Waals surface area contributed by atoms with E-state index in [2.05, 4.69) is 0 Å². The average molecular weight is 353 g/mol. The van der Waals surface area contributed by atoms with Crippen LogP contribution in [0.15, 0.2) is 41.2 Å². The molecule has 1 heterocycles. The highest BCUT2D eigenvalue weighted by Gasteiger charge is 2.21. The minimum Gasteiger partial charge on any atom is -0.323 e. The van der Waals surface area contributed by atoms with Gasteiger partial charge >= 0.3 is 0 Å². The Bertz CT molecular complexity index is 992. The van der Waals surface area contributed by atoms with Crippen molar-refractivity contribution in [2.75, 3.05) is 0 Å². The van der Waals surface area contributed by atoms with E-state index in [1.807, 2.05) is 0 Å². The predicted molar refractivity (Wildman–Crippen MR) is 87.0 cm³/mol. The number of halogens is 4. The van der Waals surface area contributed by atoms with E-state index in [4.69, 9.17) is 17.3 Å². The maximum Gasteiger partial charge on any atom is 0.264 e. The zero-order chi connectivity index (χ0) is 17.6. The zero-order valence-electron chi connectivity index (χ0n) is 12.5. The smallest absolute Gasteiger partial charge is 0.264 e. The van der Waals surface area contributed by atoms with Crippen molar-refractivity contribution in [2.24, 2.45) is 5.73 Å². The Balaban J connectivity index is 2.52. The summed E-state index contributed by atoms with van der Waals surface area (Å²) in [6.07, 6.45) is 0. The number of hydrogen-bond donors (Lipinski definition) is 1. The van der Waals surface area contributed by atoms with Gasteiger partial charge in [-0.1, -0.05) is 23.7 Å². The van der Waals surface area contributed by atoms with E-state index in [0.717, 1.165) is 4.57 Å². The molecule has 1 atom stereocenters. The number of pyridine rings is 1. The summed E-state index contributed by atoms with van der Waals surface area (Å²) < 4.78 is 42.4. The second kappa shape index (κ2) is 5.96.